The van der Waals surface area contributed by atoms with E-state index >= 15 is 0 Å². The normalized spacial score (nSPS) is 14.6. The van der Waals surface area contributed by atoms with E-state index in [9.17, 15) is 0 Å². The second-order valence-electron chi connectivity index (χ2n) is 15.3. The highest BCUT2D eigenvalue weighted by atomic mass is 28.3. The van der Waals surface area contributed by atoms with Crippen LogP contribution < -0.4 is 15.6 Å². The number of rotatable bonds is 4. The van der Waals surface area contributed by atoms with Crippen LogP contribution in [0, 0.1) is 27.7 Å². The van der Waals surface area contributed by atoms with Crippen LogP contribution in [0.3, 0.4) is 0 Å². The topological polar surface area (TPSA) is 0 Å². The van der Waals surface area contributed by atoms with Crippen LogP contribution in [0.1, 0.15) is 97.5 Å². The Morgan fingerprint density at radius 1 is 0.455 bits per heavy atom. The number of benzene rings is 5. The minimum absolute atomic E-state index is 0.0705. The van der Waals surface area contributed by atoms with Gasteiger partial charge in [-0.2, -0.15) is 0 Å². The molecule has 0 nitrogen and oxygen atoms in total. The van der Waals surface area contributed by atoms with Crippen molar-refractivity contribution in [3.63, 3.8) is 0 Å². The highest BCUT2D eigenvalue weighted by Gasteiger charge is 2.33. The van der Waals surface area contributed by atoms with Gasteiger partial charge in [0.05, 0.1) is 0 Å². The fraction of sp³-hybridized carbons (Fsp3) is 0.302. The first-order valence-corrected chi connectivity index (χ1v) is 17.6. The second kappa shape index (κ2) is 11.0. The van der Waals surface area contributed by atoms with Crippen LogP contribution in [0.5, 0.6) is 0 Å². The molecule has 223 valence electrons. The molecule has 5 aromatic carbocycles. The number of fused-ring (bicyclic) bond motifs is 3. The van der Waals surface area contributed by atoms with Gasteiger partial charge in [0.15, 0.2) is 8.80 Å². The zero-order valence-electron chi connectivity index (χ0n) is 28.3. The summed E-state index contributed by atoms with van der Waals surface area (Å²) < 4.78 is 0. The molecule has 0 aromatic heterocycles. The van der Waals surface area contributed by atoms with Gasteiger partial charge in [-0.05, 0) is 77.5 Å². The third-order valence-electron chi connectivity index (χ3n) is 9.25. The van der Waals surface area contributed by atoms with Crippen molar-refractivity contribution in [2.75, 3.05) is 0 Å². The third kappa shape index (κ3) is 5.75. The van der Waals surface area contributed by atoms with Crippen molar-refractivity contribution in [1.82, 2.24) is 0 Å². The van der Waals surface area contributed by atoms with E-state index in [4.69, 9.17) is 0 Å². The van der Waals surface area contributed by atoms with Crippen molar-refractivity contribution >= 4 is 24.4 Å². The Labute approximate surface area is 267 Å². The number of hydrogen-bond donors (Lipinski definition) is 0. The third-order valence-corrected chi connectivity index (χ3v) is 11.9. The molecule has 0 fully saturated rings. The van der Waals surface area contributed by atoms with Gasteiger partial charge in [-0.1, -0.05) is 176 Å². The van der Waals surface area contributed by atoms with Gasteiger partial charge in [-0.25, -0.2) is 0 Å². The van der Waals surface area contributed by atoms with Gasteiger partial charge >= 0.3 is 0 Å². The molecule has 44 heavy (non-hydrogen) atoms. The summed E-state index contributed by atoms with van der Waals surface area (Å²) in [7, 11) is -1.24. The molecule has 0 heterocycles. The van der Waals surface area contributed by atoms with Crippen molar-refractivity contribution in [2.24, 2.45) is 0 Å². The second-order valence-corrected chi connectivity index (χ2v) is 17.8. The van der Waals surface area contributed by atoms with Gasteiger partial charge in [-0.15, -0.1) is 0 Å². The van der Waals surface area contributed by atoms with E-state index in [2.05, 4.69) is 166 Å². The lowest BCUT2D eigenvalue weighted by Crippen LogP contribution is -2.52. The molecule has 0 saturated heterocycles. The molecule has 0 spiro atoms. The molecule has 0 N–H and O–H groups in total. The van der Waals surface area contributed by atoms with Gasteiger partial charge in [0, 0.05) is 5.92 Å². The monoisotopic (exact) mass is 591 g/mol. The fourth-order valence-corrected chi connectivity index (χ4v) is 10.2. The smallest absolute Gasteiger partial charge is 0.0619 e. The van der Waals surface area contributed by atoms with E-state index in [-0.39, 0.29) is 16.7 Å². The molecular formula is C43H47Si. The van der Waals surface area contributed by atoms with Gasteiger partial charge in [-0.3, -0.25) is 0 Å². The highest BCUT2D eigenvalue weighted by molar-refractivity contribution is 6.95. The summed E-state index contributed by atoms with van der Waals surface area (Å²) in [6, 6.07) is 38.3. The molecule has 0 aliphatic heterocycles. The molecule has 1 unspecified atom stereocenters. The largest absolute Gasteiger partial charge is 0.154 e. The quantitative estimate of drug-likeness (QED) is 0.142. The molecule has 0 saturated carbocycles. The lowest BCUT2D eigenvalue weighted by Gasteiger charge is -2.28. The molecule has 1 radical (unpaired) electrons. The van der Waals surface area contributed by atoms with E-state index in [1.807, 2.05) is 0 Å². The zero-order chi connectivity index (χ0) is 31.6. The van der Waals surface area contributed by atoms with Crippen LogP contribution in [0.25, 0.3) is 11.1 Å². The van der Waals surface area contributed by atoms with Gasteiger partial charge in [0.2, 0.25) is 0 Å². The van der Waals surface area contributed by atoms with E-state index in [1.165, 1.54) is 76.8 Å². The van der Waals surface area contributed by atoms with E-state index < -0.39 is 8.80 Å². The van der Waals surface area contributed by atoms with Gasteiger partial charge in [0.25, 0.3) is 0 Å². The molecule has 5 aromatic rings. The first kappa shape index (κ1) is 30.3. The molecule has 1 atom stereocenters. The van der Waals surface area contributed by atoms with Crippen molar-refractivity contribution in [2.45, 2.75) is 86.0 Å². The molecule has 0 amide bonds. The zero-order valence-corrected chi connectivity index (χ0v) is 29.3. The first-order valence-electron chi connectivity index (χ1n) is 16.1. The predicted octanol–water partition coefficient (Wildman–Crippen LogP) is 9.19. The summed E-state index contributed by atoms with van der Waals surface area (Å²) in [5, 5.41) is 4.40. The average molecular weight is 592 g/mol. The minimum atomic E-state index is -1.24. The Hall–Kier alpha value is -3.68. The van der Waals surface area contributed by atoms with Crippen molar-refractivity contribution in [1.29, 1.82) is 0 Å². The molecule has 1 heteroatoms. The molecule has 1 aliphatic rings. The van der Waals surface area contributed by atoms with Crippen LogP contribution >= 0.6 is 0 Å². The lowest BCUT2D eigenvalue weighted by molar-refractivity contribution is 0.566. The first-order chi connectivity index (χ1) is 20.7. The molecular weight excluding hydrogens is 545 g/mol. The van der Waals surface area contributed by atoms with E-state index in [0.717, 1.165) is 0 Å². The van der Waals surface area contributed by atoms with Crippen molar-refractivity contribution in [3.05, 3.63) is 147 Å². The summed E-state index contributed by atoms with van der Waals surface area (Å²) in [6.07, 6.45) is 0. The van der Waals surface area contributed by atoms with Gasteiger partial charge < -0.3 is 0 Å². The van der Waals surface area contributed by atoms with Crippen molar-refractivity contribution in [3.8, 4) is 11.1 Å². The average Bonchev–Trinajstić information content (AvgIpc) is 3.25. The van der Waals surface area contributed by atoms with Crippen LogP contribution in [0.15, 0.2) is 97.1 Å². The highest BCUT2D eigenvalue weighted by Crippen LogP contribution is 2.48. The maximum Gasteiger partial charge on any atom is 0.154 e. The maximum absolute atomic E-state index is 2.59. The van der Waals surface area contributed by atoms with Crippen molar-refractivity contribution < 1.29 is 0 Å². The molecule has 6 rings (SSSR count). The van der Waals surface area contributed by atoms with Crippen LogP contribution in [-0.2, 0) is 10.8 Å². The Bertz CT molecular complexity index is 1750. The molecule has 0 bridgehead atoms. The van der Waals surface area contributed by atoms with Crippen LogP contribution in [-0.4, -0.2) is 8.80 Å². The number of hydrogen-bond acceptors (Lipinski definition) is 0. The Morgan fingerprint density at radius 3 is 1.43 bits per heavy atom. The van der Waals surface area contributed by atoms with E-state index in [1.54, 1.807) is 0 Å². The standard InChI is InChI=1S/C43H47Si/c1-27-17-28(2)20-35(19-27)44(36-21-29(3)18-30(4)22-36)34-15-16-38-37-13-11-12-14-39(37)41(40(38)26-34)31-23-32(42(5,6)7)25-33(24-31)43(8,9)10/h11-26,41H,1-10H3. The van der Waals surface area contributed by atoms with E-state index in [0.29, 0.717) is 0 Å². The van der Waals surface area contributed by atoms with Crippen LogP contribution in [0.2, 0.25) is 0 Å². The molecule has 1 aliphatic carbocycles. The Kier molecular flexibility index (Phi) is 7.61. The minimum Gasteiger partial charge on any atom is -0.0619 e. The summed E-state index contributed by atoms with van der Waals surface area (Å²) in [6.45, 7) is 23.0. The summed E-state index contributed by atoms with van der Waals surface area (Å²) in [5.74, 6) is 0.214. The Balaban J connectivity index is 1.61. The summed E-state index contributed by atoms with van der Waals surface area (Å²) in [5.41, 5.74) is 15.4. The lowest BCUT2D eigenvalue weighted by atomic mass is 9.77. The summed E-state index contributed by atoms with van der Waals surface area (Å²) in [4.78, 5) is 0. The predicted molar refractivity (Wildman–Crippen MR) is 193 cm³/mol. The van der Waals surface area contributed by atoms with Crippen LogP contribution in [0.4, 0.5) is 0 Å². The maximum atomic E-state index is 2.59. The summed E-state index contributed by atoms with van der Waals surface area (Å²) >= 11 is 0. The van der Waals surface area contributed by atoms with Gasteiger partial charge in [0.1, 0.15) is 0 Å². The fourth-order valence-electron chi connectivity index (χ4n) is 7.15. The SMILES string of the molecule is Cc1cc(C)cc([Si](c2cc(C)cc(C)c2)c2ccc3c(c2)C(c2cc(C(C)(C)C)cc(C(C)(C)C)c2)c2ccccc2-3)c1. The Morgan fingerprint density at radius 2 is 0.932 bits per heavy atom. The number of aryl methyl sites for hydroxylation is 4.